The number of pyridine rings is 1. The van der Waals surface area contributed by atoms with Crippen LogP contribution in [0.5, 0.6) is 0 Å². The Morgan fingerprint density at radius 2 is 1.72 bits per heavy atom. The van der Waals surface area contributed by atoms with E-state index in [0.29, 0.717) is 16.6 Å². The van der Waals surface area contributed by atoms with E-state index in [9.17, 15) is 9.59 Å². The lowest BCUT2D eigenvalue weighted by atomic mass is 10.0. The minimum atomic E-state index is -0.828. The smallest absolute Gasteiger partial charge is 0.289 e. The second kappa shape index (κ2) is 7.82. The standard InChI is InChI=1S/C23H17N7O2/c24-16(12-31)21(13-4-2-1-3-5-13)28-23(32)22-26-18-10-15-17(11-19(18)27-22)29-30-20(15)14-6-8-25-9-7-14/h1-11,21,29-30H,24H2,(H,28,32)/t21-/m0/s1. The average Bonchev–Trinajstić information content (AvgIpc) is 3.45. The molecule has 3 aromatic heterocycles. The summed E-state index contributed by atoms with van der Waals surface area (Å²) in [5.74, 6) is 1.11. The molecule has 0 aliphatic rings. The first kappa shape index (κ1) is 19.2. The van der Waals surface area contributed by atoms with Crippen molar-refractivity contribution < 1.29 is 9.59 Å². The van der Waals surface area contributed by atoms with Gasteiger partial charge in [-0.25, -0.2) is 14.8 Å². The van der Waals surface area contributed by atoms with E-state index in [1.807, 2.05) is 30.3 Å². The highest BCUT2D eigenvalue weighted by Gasteiger charge is 2.22. The Morgan fingerprint density at radius 3 is 2.44 bits per heavy atom. The van der Waals surface area contributed by atoms with Crippen molar-refractivity contribution in [3.8, 4) is 11.3 Å². The van der Waals surface area contributed by atoms with Crippen LogP contribution < -0.4 is 11.1 Å². The predicted octanol–water partition coefficient (Wildman–Crippen LogP) is 2.65. The summed E-state index contributed by atoms with van der Waals surface area (Å²) < 4.78 is 0. The van der Waals surface area contributed by atoms with Crippen molar-refractivity contribution in [1.82, 2.24) is 30.5 Å². The van der Waals surface area contributed by atoms with Gasteiger partial charge in [-0.05, 0) is 29.8 Å². The van der Waals surface area contributed by atoms with Gasteiger partial charge in [0, 0.05) is 23.3 Å². The number of H-pyrrole nitrogens is 2. The van der Waals surface area contributed by atoms with Crippen molar-refractivity contribution in [2.75, 3.05) is 0 Å². The van der Waals surface area contributed by atoms with Crippen molar-refractivity contribution >= 4 is 33.8 Å². The first-order valence-electron chi connectivity index (χ1n) is 9.78. The Balaban J connectivity index is 1.50. The minimum Gasteiger partial charge on any atom is -0.391 e. The Bertz CT molecular complexity index is 1480. The topological polar surface area (TPSA) is 142 Å². The molecule has 0 saturated carbocycles. The lowest BCUT2D eigenvalue weighted by molar-refractivity contribution is 0.0933. The lowest BCUT2D eigenvalue weighted by Gasteiger charge is -2.16. The van der Waals surface area contributed by atoms with Gasteiger partial charge in [0.15, 0.2) is 0 Å². The number of nitrogens with one attached hydrogen (secondary N) is 3. The summed E-state index contributed by atoms with van der Waals surface area (Å²) in [6, 6.07) is 15.6. The number of nitrogens with zero attached hydrogens (tertiary/aromatic N) is 3. The second-order valence-corrected chi connectivity index (χ2v) is 7.17. The monoisotopic (exact) mass is 423 g/mol. The second-order valence-electron chi connectivity index (χ2n) is 7.17. The molecule has 0 fully saturated rings. The van der Waals surface area contributed by atoms with E-state index in [2.05, 4.69) is 30.5 Å². The van der Waals surface area contributed by atoms with E-state index < -0.39 is 11.9 Å². The van der Waals surface area contributed by atoms with Crippen LogP contribution in [-0.4, -0.2) is 37.0 Å². The SMILES string of the molecule is NC(=C=O)[C@@H](NC(=O)c1nc2cc3[nH][nH]c(-c4ccncc4)c3cc2n1)c1ccccc1. The molecule has 5 rings (SSSR count). The fourth-order valence-corrected chi connectivity index (χ4v) is 3.61. The first-order valence-corrected chi connectivity index (χ1v) is 9.78. The predicted molar refractivity (Wildman–Crippen MR) is 119 cm³/mol. The van der Waals surface area contributed by atoms with Crippen LogP contribution in [0.15, 0.2) is 72.7 Å². The highest BCUT2D eigenvalue weighted by atomic mass is 16.2. The highest BCUT2D eigenvalue weighted by Crippen LogP contribution is 2.29. The number of benzene rings is 2. The maximum atomic E-state index is 12.9. The molecule has 32 heavy (non-hydrogen) atoms. The number of carbonyl (C=O) groups is 1. The van der Waals surface area contributed by atoms with Gasteiger partial charge in [-0.3, -0.25) is 14.9 Å². The zero-order chi connectivity index (χ0) is 22.1. The van der Waals surface area contributed by atoms with Gasteiger partial charge in [-0.15, -0.1) is 0 Å². The number of aromatic amines is 2. The summed E-state index contributed by atoms with van der Waals surface area (Å²) in [4.78, 5) is 36.8. The maximum Gasteiger partial charge on any atom is 0.289 e. The van der Waals surface area contributed by atoms with Gasteiger partial charge in [-0.1, -0.05) is 30.3 Å². The molecule has 1 atom stereocenters. The van der Waals surface area contributed by atoms with E-state index in [0.717, 1.165) is 22.2 Å². The van der Waals surface area contributed by atoms with Crippen LogP contribution in [0.3, 0.4) is 0 Å². The molecule has 9 nitrogen and oxygen atoms in total. The first-order chi connectivity index (χ1) is 15.6. The Labute approximate surface area is 181 Å². The molecule has 0 aliphatic heterocycles. The normalized spacial score (nSPS) is 11.9. The summed E-state index contributed by atoms with van der Waals surface area (Å²) in [5.41, 5.74) is 10.1. The van der Waals surface area contributed by atoms with E-state index in [-0.39, 0.29) is 11.5 Å². The number of rotatable bonds is 5. The molecule has 1 amide bonds. The third-order valence-corrected chi connectivity index (χ3v) is 5.17. The summed E-state index contributed by atoms with van der Waals surface area (Å²) in [5, 5.41) is 9.90. The molecule has 0 radical (unpaired) electrons. The van der Waals surface area contributed by atoms with Gasteiger partial charge < -0.3 is 16.1 Å². The average molecular weight is 423 g/mol. The number of imidazole rings is 1. The van der Waals surface area contributed by atoms with E-state index in [4.69, 9.17) is 5.73 Å². The maximum absolute atomic E-state index is 12.9. The van der Waals surface area contributed by atoms with Crippen LogP contribution in [0.4, 0.5) is 0 Å². The van der Waals surface area contributed by atoms with Crippen LogP contribution >= 0.6 is 0 Å². The molecule has 0 unspecified atom stereocenters. The van der Waals surface area contributed by atoms with Gasteiger partial charge in [0.1, 0.15) is 17.7 Å². The molecular formula is C23H17N7O2. The third kappa shape index (κ3) is 3.38. The quantitative estimate of drug-likeness (QED) is 0.320. The molecule has 9 heteroatoms. The van der Waals surface area contributed by atoms with Crippen LogP contribution in [0.1, 0.15) is 22.2 Å². The van der Waals surface area contributed by atoms with Crippen molar-refractivity contribution in [3.05, 3.63) is 84.1 Å². The molecule has 3 heterocycles. The van der Waals surface area contributed by atoms with Gasteiger partial charge in [0.2, 0.25) is 5.82 Å². The largest absolute Gasteiger partial charge is 0.391 e. The fraction of sp³-hybridized carbons (Fsp3) is 0.0435. The summed E-state index contributed by atoms with van der Waals surface area (Å²) >= 11 is 0. The molecule has 5 N–H and O–H groups in total. The van der Waals surface area contributed by atoms with Gasteiger partial charge in [0.05, 0.1) is 22.2 Å². The van der Waals surface area contributed by atoms with Crippen molar-refractivity contribution in [2.45, 2.75) is 6.04 Å². The van der Waals surface area contributed by atoms with Crippen molar-refractivity contribution in [3.63, 3.8) is 0 Å². The number of hydrogen-bond acceptors (Lipinski definition) is 6. The van der Waals surface area contributed by atoms with Gasteiger partial charge >= 0.3 is 0 Å². The van der Waals surface area contributed by atoms with Gasteiger partial charge in [0.25, 0.3) is 5.91 Å². The Morgan fingerprint density at radius 1 is 1.00 bits per heavy atom. The van der Waals surface area contributed by atoms with Crippen LogP contribution in [0, 0.1) is 0 Å². The zero-order valence-corrected chi connectivity index (χ0v) is 16.7. The molecular weight excluding hydrogens is 406 g/mol. The molecule has 2 aromatic carbocycles. The molecule has 156 valence electrons. The highest BCUT2D eigenvalue weighted by molar-refractivity contribution is 6.02. The fourth-order valence-electron chi connectivity index (χ4n) is 3.61. The van der Waals surface area contributed by atoms with Crippen molar-refractivity contribution in [1.29, 1.82) is 0 Å². The Hall–Kier alpha value is -4.75. The van der Waals surface area contributed by atoms with Crippen molar-refractivity contribution in [2.24, 2.45) is 5.73 Å². The van der Waals surface area contributed by atoms with E-state index in [1.165, 1.54) is 0 Å². The van der Waals surface area contributed by atoms with Gasteiger partial charge in [-0.2, -0.15) is 0 Å². The summed E-state index contributed by atoms with van der Waals surface area (Å²) in [7, 11) is 0. The molecule has 0 spiro atoms. The molecule has 0 bridgehead atoms. The van der Waals surface area contributed by atoms with E-state index in [1.54, 1.807) is 42.6 Å². The number of nitrogens with two attached hydrogens (primary N) is 1. The van der Waals surface area contributed by atoms with Crippen LogP contribution in [0.25, 0.3) is 33.2 Å². The number of fused-ring (bicyclic) bond motifs is 2. The zero-order valence-electron chi connectivity index (χ0n) is 16.7. The number of amides is 1. The Kier molecular flexibility index (Phi) is 4.70. The summed E-state index contributed by atoms with van der Waals surface area (Å²) in [6.45, 7) is 0. The van der Waals surface area contributed by atoms with E-state index >= 15 is 0 Å². The number of aromatic nitrogens is 5. The molecule has 5 aromatic rings. The molecule has 0 saturated heterocycles. The molecule has 0 aliphatic carbocycles. The van der Waals surface area contributed by atoms with Crippen LogP contribution in [0.2, 0.25) is 0 Å². The van der Waals surface area contributed by atoms with Crippen LogP contribution in [-0.2, 0) is 4.79 Å². The number of carbonyl (C=O) groups excluding carboxylic acids is 2. The number of hydrogen-bond donors (Lipinski definition) is 4. The minimum absolute atomic E-state index is 0.0123. The summed E-state index contributed by atoms with van der Waals surface area (Å²) in [6.07, 6.45) is 3.43. The third-order valence-electron chi connectivity index (χ3n) is 5.17. The lowest BCUT2D eigenvalue weighted by Crippen LogP contribution is -2.33.